The van der Waals surface area contributed by atoms with Crippen LogP contribution in [0.4, 0.5) is 5.69 Å². The Kier molecular flexibility index (Phi) is 5.46. The summed E-state index contributed by atoms with van der Waals surface area (Å²) in [5.74, 6) is 1.58. The minimum Gasteiger partial charge on any atom is -0.497 e. The molecule has 136 valence electrons. The Morgan fingerprint density at radius 1 is 1.00 bits per heavy atom. The van der Waals surface area contributed by atoms with Gasteiger partial charge in [-0.1, -0.05) is 0 Å². The first kappa shape index (κ1) is 17.9. The van der Waals surface area contributed by atoms with E-state index in [1.807, 2.05) is 55.5 Å². The number of nitrogens with zero attached hydrogens (tertiary/aromatic N) is 1. The Bertz CT molecular complexity index is 932. The lowest BCUT2D eigenvalue weighted by atomic mass is 10.1. The summed E-state index contributed by atoms with van der Waals surface area (Å²) in [6.45, 7) is 6.04. The van der Waals surface area contributed by atoms with Crippen LogP contribution in [0, 0.1) is 0 Å². The molecule has 0 saturated carbocycles. The quantitative estimate of drug-likeness (QED) is 0.699. The summed E-state index contributed by atoms with van der Waals surface area (Å²) in [6, 6.07) is 15.6. The number of hydrogen-bond donors (Lipinski definition) is 1. The monoisotopic (exact) mass is 352 g/mol. The summed E-state index contributed by atoms with van der Waals surface area (Å²) in [6.07, 6.45) is 0. The molecule has 1 heterocycles. The van der Waals surface area contributed by atoms with Gasteiger partial charge in [0.05, 0.1) is 19.2 Å². The number of aromatic amines is 1. The smallest absolute Gasteiger partial charge is 0.253 e. The molecule has 0 atom stereocenters. The molecule has 0 amide bonds. The number of ether oxygens (including phenoxy) is 2. The Morgan fingerprint density at radius 2 is 1.73 bits per heavy atom. The number of methoxy groups -OCH3 is 1. The Balaban J connectivity index is 1.87. The van der Waals surface area contributed by atoms with Crippen molar-refractivity contribution in [1.82, 2.24) is 4.98 Å². The molecule has 0 aliphatic rings. The normalized spacial score (nSPS) is 10.7. The van der Waals surface area contributed by atoms with Crippen molar-refractivity contribution in [3.63, 3.8) is 0 Å². The van der Waals surface area contributed by atoms with Gasteiger partial charge >= 0.3 is 0 Å². The lowest BCUT2D eigenvalue weighted by Crippen LogP contribution is -2.26. The molecule has 3 aromatic rings. The SMILES string of the molecule is CCOc1ccc(N(CC)Cc2cc3ccc(OC)cc3[nH]c2=O)cc1. The molecule has 1 aromatic heterocycles. The van der Waals surface area contributed by atoms with E-state index in [0.717, 1.165) is 40.2 Å². The van der Waals surface area contributed by atoms with Crippen LogP contribution in [0.15, 0.2) is 53.3 Å². The molecule has 0 bridgehead atoms. The van der Waals surface area contributed by atoms with Gasteiger partial charge in [0.15, 0.2) is 0 Å². The second kappa shape index (κ2) is 7.95. The summed E-state index contributed by atoms with van der Waals surface area (Å²) >= 11 is 0. The average molecular weight is 352 g/mol. The van der Waals surface area contributed by atoms with Crippen molar-refractivity contribution in [3.8, 4) is 11.5 Å². The number of anilines is 1. The largest absolute Gasteiger partial charge is 0.497 e. The van der Waals surface area contributed by atoms with E-state index in [1.165, 1.54) is 0 Å². The van der Waals surface area contributed by atoms with Gasteiger partial charge in [0.1, 0.15) is 11.5 Å². The Hall–Kier alpha value is -2.95. The van der Waals surface area contributed by atoms with Crippen LogP contribution in [0.2, 0.25) is 0 Å². The van der Waals surface area contributed by atoms with Crippen molar-refractivity contribution < 1.29 is 9.47 Å². The molecule has 5 nitrogen and oxygen atoms in total. The lowest BCUT2D eigenvalue weighted by molar-refractivity contribution is 0.340. The lowest BCUT2D eigenvalue weighted by Gasteiger charge is -2.23. The first-order valence-corrected chi connectivity index (χ1v) is 8.82. The highest BCUT2D eigenvalue weighted by Crippen LogP contribution is 2.22. The summed E-state index contributed by atoms with van der Waals surface area (Å²) in [5.41, 5.74) is 2.50. The number of nitrogens with one attached hydrogen (secondary N) is 1. The molecule has 3 rings (SSSR count). The molecule has 0 spiro atoms. The topological polar surface area (TPSA) is 54.6 Å². The zero-order chi connectivity index (χ0) is 18.5. The average Bonchev–Trinajstić information content (AvgIpc) is 2.67. The van der Waals surface area contributed by atoms with Crippen LogP contribution in [-0.2, 0) is 6.54 Å². The summed E-state index contributed by atoms with van der Waals surface area (Å²) in [4.78, 5) is 17.6. The highest BCUT2D eigenvalue weighted by Gasteiger charge is 2.10. The Morgan fingerprint density at radius 3 is 2.38 bits per heavy atom. The van der Waals surface area contributed by atoms with E-state index in [0.29, 0.717) is 13.2 Å². The van der Waals surface area contributed by atoms with Crippen LogP contribution >= 0.6 is 0 Å². The van der Waals surface area contributed by atoms with E-state index >= 15 is 0 Å². The second-order valence-electron chi connectivity index (χ2n) is 6.02. The zero-order valence-corrected chi connectivity index (χ0v) is 15.4. The van der Waals surface area contributed by atoms with Gasteiger partial charge in [-0.25, -0.2) is 0 Å². The van der Waals surface area contributed by atoms with E-state index in [-0.39, 0.29) is 5.56 Å². The summed E-state index contributed by atoms with van der Waals surface area (Å²) in [5, 5.41) is 0.989. The van der Waals surface area contributed by atoms with Crippen LogP contribution in [0.3, 0.4) is 0 Å². The molecule has 26 heavy (non-hydrogen) atoms. The maximum atomic E-state index is 12.5. The standard InChI is InChI=1S/C21H24N2O3/c1-4-23(17-7-10-18(11-8-17)26-5-2)14-16-12-15-6-9-19(25-3)13-20(15)22-21(16)24/h6-13H,4-5,14H2,1-3H3,(H,22,24). The van der Waals surface area contributed by atoms with Gasteiger partial charge in [0.25, 0.3) is 5.56 Å². The number of rotatable bonds is 7. The minimum atomic E-state index is -0.0739. The van der Waals surface area contributed by atoms with Crippen molar-refractivity contribution >= 4 is 16.6 Å². The second-order valence-corrected chi connectivity index (χ2v) is 6.02. The first-order chi connectivity index (χ1) is 12.6. The first-order valence-electron chi connectivity index (χ1n) is 8.82. The molecule has 0 fully saturated rings. The molecule has 5 heteroatoms. The van der Waals surface area contributed by atoms with Crippen LogP contribution < -0.4 is 19.9 Å². The van der Waals surface area contributed by atoms with Gasteiger partial charge < -0.3 is 19.4 Å². The van der Waals surface area contributed by atoms with Gasteiger partial charge in [-0.15, -0.1) is 0 Å². The van der Waals surface area contributed by atoms with Gasteiger partial charge in [-0.2, -0.15) is 0 Å². The number of benzene rings is 2. The predicted octanol–water partition coefficient (Wildman–Crippen LogP) is 3.96. The van der Waals surface area contributed by atoms with E-state index in [9.17, 15) is 4.79 Å². The summed E-state index contributed by atoms with van der Waals surface area (Å²) < 4.78 is 10.7. The maximum Gasteiger partial charge on any atom is 0.253 e. The molecular formula is C21H24N2O3. The van der Waals surface area contributed by atoms with E-state index in [4.69, 9.17) is 9.47 Å². The van der Waals surface area contributed by atoms with E-state index in [2.05, 4.69) is 16.8 Å². The van der Waals surface area contributed by atoms with Gasteiger partial charge in [0, 0.05) is 30.4 Å². The maximum absolute atomic E-state index is 12.5. The van der Waals surface area contributed by atoms with E-state index in [1.54, 1.807) is 7.11 Å². The number of pyridine rings is 1. The third-order valence-corrected chi connectivity index (χ3v) is 4.39. The number of aromatic nitrogens is 1. The number of fused-ring (bicyclic) bond motifs is 1. The molecular weight excluding hydrogens is 328 g/mol. The number of H-pyrrole nitrogens is 1. The zero-order valence-electron chi connectivity index (χ0n) is 15.4. The Labute approximate surface area is 153 Å². The third-order valence-electron chi connectivity index (χ3n) is 4.39. The van der Waals surface area contributed by atoms with E-state index < -0.39 is 0 Å². The van der Waals surface area contributed by atoms with Crippen molar-refractivity contribution in [2.75, 3.05) is 25.2 Å². The molecule has 0 radical (unpaired) electrons. The molecule has 0 aliphatic heterocycles. The van der Waals surface area contributed by atoms with Crippen molar-refractivity contribution in [3.05, 3.63) is 64.4 Å². The molecule has 2 aromatic carbocycles. The predicted molar refractivity (Wildman–Crippen MR) is 105 cm³/mol. The van der Waals surface area contributed by atoms with Gasteiger partial charge in [-0.3, -0.25) is 4.79 Å². The van der Waals surface area contributed by atoms with Crippen molar-refractivity contribution in [1.29, 1.82) is 0 Å². The van der Waals surface area contributed by atoms with Crippen LogP contribution in [0.5, 0.6) is 11.5 Å². The van der Waals surface area contributed by atoms with Crippen LogP contribution in [0.1, 0.15) is 19.4 Å². The number of hydrogen-bond acceptors (Lipinski definition) is 4. The molecule has 0 aliphatic carbocycles. The minimum absolute atomic E-state index is 0.0739. The van der Waals surface area contributed by atoms with Crippen LogP contribution in [-0.4, -0.2) is 25.2 Å². The van der Waals surface area contributed by atoms with Gasteiger partial charge in [0.2, 0.25) is 0 Å². The molecule has 0 saturated heterocycles. The highest BCUT2D eigenvalue weighted by atomic mass is 16.5. The third kappa shape index (κ3) is 3.82. The summed E-state index contributed by atoms with van der Waals surface area (Å²) in [7, 11) is 1.61. The van der Waals surface area contributed by atoms with Gasteiger partial charge in [-0.05, 0) is 61.7 Å². The fourth-order valence-electron chi connectivity index (χ4n) is 2.98. The van der Waals surface area contributed by atoms with Crippen LogP contribution in [0.25, 0.3) is 10.9 Å². The highest BCUT2D eigenvalue weighted by molar-refractivity contribution is 5.80. The van der Waals surface area contributed by atoms with Crippen molar-refractivity contribution in [2.24, 2.45) is 0 Å². The molecule has 1 N–H and O–H groups in total. The fourth-order valence-corrected chi connectivity index (χ4v) is 2.98. The fraction of sp³-hybridized carbons (Fsp3) is 0.286. The molecule has 0 unspecified atom stereocenters. The van der Waals surface area contributed by atoms with Crippen molar-refractivity contribution in [2.45, 2.75) is 20.4 Å².